The Kier molecular flexibility index (Phi) is 4.90. The molecule has 1 atom stereocenters. The molecule has 1 aliphatic rings. The molecule has 1 aliphatic heterocycles. The third-order valence-electron chi connectivity index (χ3n) is 3.84. The molecule has 0 saturated heterocycles. The molecule has 6 nitrogen and oxygen atoms in total. The van der Waals surface area contributed by atoms with E-state index in [2.05, 4.69) is 5.32 Å². The Balaban J connectivity index is 1.91. The summed E-state index contributed by atoms with van der Waals surface area (Å²) in [5.74, 6) is 0.794. The number of benzene rings is 1. The van der Waals surface area contributed by atoms with Crippen molar-refractivity contribution >= 4 is 11.9 Å². The number of carbonyl (C=O) groups excluding carboxylic acids is 2. The maximum Gasteiger partial charge on any atom is 0.331 e. The van der Waals surface area contributed by atoms with Crippen LogP contribution in [-0.2, 0) is 20.7 Å². The first-order valence-corrected chi connectivity index (χ1v) is 7.26. The zero-order chi connectivity index (χ0) is 16.2. The normalized spacial score (nSPS) is 15.0. The summed E-state index contributed by atoms with van der Waals surface area (Å²) in [5, 5.41) is 2.75. The van der Waals surface area contributed by atoms with Crippen LogP contribution in [0.5, 0.6) is 11.5 Å². The number of ether oxygens (including phenoxy) is 3. The Morgan fingerprint density at radius 2 is 2.05 bits per heavy atom. The SMILES string of the molecule is CCC(C)(NC(=O)CCc1ccc2c(c1)OCO2)C(=O)OC. The van der Waals surface area contributed by atoms with E-state index in [1.54, 1.807) is 6.92 Å². The number of hydrogen-bond acceptors (Lipinski definition) is 5. The summed E-state index contributed by atoms with van der Waals surface area (Å²) in [6.07, 6.45) is 1.31. The highest BCUT2D eigenvalue weighted by Crippen LogP contribution is 2.32. The lowest BCUT2D eigenvalue weighted by molar-refractivity contribution is -0.150. The molecule has 0 aliphatic carbocycles. The van der Waals surface area contributed by atoms with Crippen molar-refractivity contribution in [3.63, 3.8) is 0 Å². The van der Waals surface area contributed by atoms with E-state index in [-0.39, 0.29) is 19.1 Å². The first-order valence-electron chi connectivity index (χ1n) is 7.26. The Bertz CT molecular complexity index is 572. The van der Waals surface area contributed by atoms with E-state index in [1.165, 1.54) is 7.11 Å². The second-order valence-corrected chi connectivity index (χ2v) is 5.41. The molecular weight excluding hydrogens is 286 g/mol. The van der Waals surface area contributed by atoms with Crippen molar-refractivity contribution in [1.82, 2.24) is 5.32 Å². The number of aryl methyl sites for hydroxylation is 1. The fourth-order valence-electron chi connectivity index (χ4n) is 2.23. The molecule has 2 rings (SSSR count). The Hall–Kier alpha value is -2.24. The van der Waals surface area contributed by atoms with Crippen LogP contribution in [0, 0.1) is 0 Å². The van der Waals surface area contributed by atoms with Gasteiger partial charge < -0.3 is 19.5 Å². The number of rotatable bonds is 6. The van der Waals surface area contributed by atoms with Crippen molar-refractivity contribution in [1.29, 1.82) is 0 Å². The summed E-state index contributed by atoms with van der Waals surface area (Å²) in [6, 6.07) is 5.61. The lowest BCUT2D eigenvalue weighted by atomic mass is 9.98. The first kappa shape index (κ1) is 16.1. The minimum atomic E-state index is -0.985. The number of carbonyl (C=O) groups is 2. The molecule has 1 aromatic rings. The summed E-state index contributed by atoms with van der Waals surface area (Å²) in [6.45, 7) is 3.72. The monoisotopic (exact) mass is 307 g/mol. The van der Waals surface area contributed by atoms with Crippen LogP contribution in [0.4, 0.5) is 0 Å². The predicted molar refractivity (Wildman–Crippen MR) is 79.7 cm³/mol. The largest absolute Gasteiger partial charge is 0.467 e. The summed E-state index contributed by atoms with van der Waals surface area (Å²) in [5.41, 5.74) is -0.00330. The number of amides is 1. The van der Waals surface area contributed by atoms with Crippen molar-refractivity contribution in [2.24, 2.45) is 0 Å². The van der Waals surface area contributed by atoms with Crippen LogP contribution in [0.15, 0.2) is 18.2 Å². The van der Waals surface area contributed by atoms with E-state index >= 15 is 0 Å². The van der Waals surface area contributed by atoms with E-state index in [0.717, 1.165) is 11.3 Å². The van der Waals surface area contributed by atoms with Gasteiger partial charge in [-0.1, -0.05) is 13.0 Å². The zero-order valence-corrected chi connectivity index (χ0v) is 13.1. The molecule has 0 radical (unpaired) electrons. The number of esters is 1. The van der Waals surface area contributed by atoms with Gasteiger partial charge >= 0.3 is 5.97 Å². The highest BCUT2D eigenvalue weighted by atomic mass is 16.7. The van der Waals surface area contributed by atoms with Gasteiger partial charge in [0.1, 0.15) is 5.54 Å². The van der Waals surface area contributed by atoms with Crippen molar-refractivity contribution in [2.75, 3.05) is 13.9 Å². The standard InChI is InChI=1S/C16H21NO5/c1-4-16(2,15(19)20-3)17-14(18)8-6-11-5-7-12-13(9-11)22-10-21-12/h5,7,9H,4,6,8,10H2,1-3H3,(H,17,18). The molecule has 6 heteroatoms. The quantitative estimate of drug-likeness (QED) is 0.811. The topological polar surface area (TPSA) is 73.9 Å². The molecule has 1 unspecified atom stereocenters. The van der Waals surface area contributed by atoms with Crippen LogP contribution in [0.25, 0.3) is 0 Å². The minimum absolute atomic E-state index is 0.188. The van der Waals surface area contributed by atoms with Crippen molar-refractivity contribution < 1.29 is 23.8 Å². The lowest BCUT2D eigenvalue weighted by Crippen LogP contribution is -2.52. The van der Waals surface area contributed by atoms with Gasteiger partial charge in [-0.05, 0) is 37.5 Å². The van der Waals surface area contributed by atoms with Gasteiger partial charge in [0.25, 0.3) is 0 Å². The Labute approximate surface area is 129 Å². The molecule has 0 saturated carbocycles. The van der Waals surface area contributed by atoms with Crippen LogP contribution in [0.3, 0.4) is 0 Å². The maximum atomic E-state index is 12.1. The van der Waals surface area contributed by atoms with Gasteiger partial charge in [0, 0.05) is 6.42 Å². The molecule has 1 heterocycles. The van der Waals surface area contributed by atoms with E-state index in [1.807, 2.05) is 25.1 Å². The summed E-state index contributed by atoms with van der Waals surface area (Å²) in [7, 11) is 1.31. The Morgan fingerprint density at radius 1 is 1.32 bits per heavy atom. The van der Waals surface area contributed by atoms with E-state index in [4.69, 9.17) is 14.2 Å². The molecule has 22 heavy (non-hydrogen) atoms. The first-order chi connectivity index (χ1) is 10.5. The van der Waals surface area contributed by atoms with Gasteiger partial charge in [0.15, 0.2) is 11.5 Å². The van der Waals surface area contributed by atoms with E-state index in [0.29, 0.717) is 18.6 Å². The van der Waals surface area contributed by atoms with Crippen LogP contribution in [0.1, 0.15) is 32.3 Å². The fourth-order valence-corrected chi connectivity index (χ4v) is 2.23. The average molecular weight is 307 g/mol. The lowest BCUT2D eigenvalue weighted by Gasteiger charge is -2.26. The maximum absolute atomic E-state index is 12.1. The second kappa shape index (κ2) is 6.68. The summed E-state index contributed by atoms with van der Waals surface area (Å²) >= 11 is 0. The van der Waals surface area contributed by atoms with E-state index < -0.39 is 11.5 Å². The van der Waals surface area contributed by atoms with Crippen molar-refractivity contribution in [3.8, 4) is 11.5 Å². The van der Waals surface area contributed by atoms with Crippen LogP contribution in [0.2, 0.25) is 0 Å². The van der Waals surface area contributed by atoms with Gasteiger partial charge in [0.2, 0.25) is 12.7 Å². The highest BCUT2D eigenvalue weighted by molar-refractivity contribution is 5.87. The highest BCUT2D eigenvalue weighted by Gasteiger charge is 2.33. The van der Waals surface area contributed by atoms with Crippen LogP contribution in [-0.4, -0.2) is 31.3 Å². The number of methoxy groups -OCH3 is 1. The number of hydrogen-bond donors (Lipinski definition) is 1. The molecule has 1 N–H and O–H groups in total. The molecule has 0 spiro atoms. The molecule has 1 aromatic carbocycles. The van der Waals surface area contributed by atoms with Crippen LogP contribution >= 0.6 is 0 Å². The molecule has 1 amide bonds. The van der Waals surface area contributed by atoms with Crippen molar-refractivity contribution in [3.05, 3.63) is 23.8 Å². The minimum Gasteiger partial charge on any atom is -0.467 e. The van der Waals surface area contributed by atoms with Gasteiger partial charge in [-0.25, -0.2) is 4.79 Å². The summed E-state index contributed by atoms with van der Waals surface area (Å²) in [4.78, 5) is 23.8. The number of nitrogens with one attached hydrogen (secondary N) is 1. The van der Waals surface area contributed by atoms with Gasteiger partial charge in [0.05, 0.1) is 7.11 Å². The molecule has 0 aromatic heterocycles. The molecule has 0 fully saturated rings. The van der Waals surface area contributed by atoms with E-state index in [9.17, 15) is 9.59 Å². The molecular formula is C16H21NO5. The van der Waals surface area contributed by atoms with Crippen molar-refractivity contribution in [2.45, 2.75) is 38.6 Å². The molecule has 120 valence electrons. The zero-order valence-electron chi connectivity index (χ0n) is 13.1. The average Bonchev–Trinajstić information content (AvgIpc) is 2.99. The van der Waals surface area contributed by atoms with Gasteiger partial charge in [-0.2, -0.15) is 0 Å². The third kappa shape index (κ3) is 3.50. The number of fused-ring (bicyclic) bond motifs is 1. The third-order valence-corrected chi connectivity index (χ3v) is 3.84. The second-order valence-electron chi connectivity index (χ2n) is 5.41. The van der Waals surface area contributed by atoms with Crippen LogP contribution < -0.4 is 14.8 Å². The van der Waals surface area contributed by atoms with Gasteiger partial charge in [-0.3, -0.25) is 4.79 Å². The predicted octanol–water partition coefficient (Wildman–Crippen LogP) is 1.81. The smallest absolute Gasteiger partial charge is 0.331 e. The Morgan fingerprint density at radius 3 is 2.73 bits per heavy atom. The fraction of sp³-hybridized carbons (Fsp3) is 0.500. The summed E-state index contributed by atoms with van der Waals surface area (Å²) < 4.78 is 15.3. The molecule has 0 bridgehead atoms. The van der Waals surface area contributed by atoms with Gasteiger partial charge in [-0.15, -0.1) is 0 Å².